The number of amides is 1. The molecule has 3 aromatic carbocycles. The Hall–Kier alpha value is -3.44. The van der Waals surface area contributed by atoms with Crippen molar-refractivity contribution in [2.24, 2.45) is 0 Å². The van der Waals surface area contributed by atoms with Crippen LogP contribution in [0, 0.1) is 0 Å². The van der Waals surface area contributed by atoms with Gasteiger partial charge in [-0.05, 0) is 50.1 Å². The van der Waals surface area contributed by atoms with Crippen LogP contribution in [0.15, 0.2) is 78.9 Å². The zero-order valence-corrected chi connectivity index (χ0v) is 18.0. The Bertz CT molecular complexity index is 1160. The van der Waals surface area contributed by atoms with Gasteiger partial charge in [-0.2, -0.15) is 0 Å². The van der Waals surface area contributed by atoms with Crippen LogP contribution in [0.5, 0.6) is 0 Å². The van der Waals surface area contributed by atoms with Crippen molar-refractivity contribution < 1.29 is 9.90 Å². The maximum Gasteiger partial charge on any atom is 0.251 e. The van der Waals surface area contributed by atoms with Crippen LogP contribution in [-0.4, -0.2) is 26.6 Å². The summed E-state index contributed by atoms with van der Waals surface area (Å²) in [6, 6.07) is 24.7. The molecule has 4 aromatic rings. The van der Waals surface area contributed by atoms with Gasteiger partial charge in [0.2, 0.25) is 0 Å². The normalized spacial score (nSPS) is 11.8. The van der Waals surface area contributed by atoms with E-state index in [1.165, 1.54) is 0 Å². The van der Waals surface area contributed by atoms with Gasteiger partial charge in [-0.15, -0.1) is 0 Å². The van der Waals surface area contributed by atoms with Crippen LogP contribution >= 0.6 is 0 Å². The zero-order valence-electron chi connectivity index (χ0n) is 18.0. The minimum Gasteiger partial charge on any atom is -0.373 e. The van der Waals surface area contributed by atoms with Crippen LogP contribution in [-0.2, 0) is 12.1 Å². The molecule has 5 nitrogen and oxygen atoms in total. The molecule has 0 aliphatic carbocycles. The number of aromatic nitrogens is 2. The third kappa shape index (κ3) is 3.73. The number of imidazole rings is 1. The van der Waals surface area contributed by atoms with Gasteiger partial charge in [0, 0.05) is 18.2 Å². The van der Waals surface area contributed by atoms with Crippen molar-refractivity contribution in [3.63, 3.8) is 0 Å². The van der Waals surface area contributed by atoms with Gasteiger partial charge in [-0.3, -0.25) is 4.79 Å². The number of nitrogens with zero attached hydrogens (tertiary/aromatic N) is 2. The molecule has 0 saturated carbocycles. The van der Waals surface area contributed by atoms with E-state index in [4.69, 9.17) is 4.98 Å². The maximum absolute atomic E-state index is 12.6. The molecule has 0 saturated heterocycles. The molecular weight excluding hydrogens is 386 g/mol. The van der Waals surface area contributed by atoms with E-state index in [1.54, 1.807) is 6.07 Å². The number of rotatable bonds is 6. The fraction of sp³-hybridized carbons (Fsp3) is 0.231. The molecule has 0 radical (unpaired) electrons. The van der Waals surface area contributed by atoms with Crippen molar-refractivity contribution in [1.29, 1.82) is 0 Å². The van der Waals surface area contributed by atoms with Gasteiger partial charge in [0.25, 0.3) is 5.91 Å². The smallest absolute Gasteiger partial charge is 0.251 e. The summed E-state index contributed by atoms with van der Waals surface area (Å²) in [5, 5.41) is 15.1. The molecule has 31 heavy (non-hydrogen) atoms. The Labute approximate surface area is 182 Å². The van der Waals surface area contributed by atoms with Gasteiger partial charge in [0.1, 0.15) is 0 Å². The lowest BCUT2D eigenvalue weighted by Crippen LogP contribution is -2.32. The fourth-order valence-electron chi connectivity index (χ4n) is 3.99. The first-order valence-electron chi connectivity index (χ1n) is 10.6. The standard InChI is InChI=1S/C26H27N3O2/c1-4-29-23-17-19(24(30)27-18(2)3)15-16-22(23)28-25(29)26(31,20-11-7-5-8-12-20)21-13-9-6-10-14-21/h5-18,31H,4H2,1-3H3,(H,27,30). The second kappa shape index (κ2) is 8.36. The molecule has 5 heteroatoms. The van der Waals surface area contributed by atoms with Gasteiger partial charge >= 0.3 is 0 Å². The van der Waals surface area contributed by atoms with E-state index in [-0.39, 0.29) is 11.9 Å². The minimum absolute atomic E-state index is 0.0519. The highest BCUT2D eigenvalue weighted by Gasteiger charge is 2.38. The summed E-state index contributed by atoms with van der Waals surface area (Å²) in [6.45, 7) is 6.49. The lowest BCUT2D eigenvalue weighted by Gasteiger charge is -2.29. The maximum atomic E-state index is 12.6. The molecule has 0 fully saturated rings. The van der Waals surface area contributed by atoms with Gasteiger partial charge in [0.05, 0.1) is 11.0 Å². The average molecular weight is 414 g/mol. The number of hydrogen-bond donors (Lipinski definition) is 2. The molecule has 158 valence electrons. The quantitative estimate of drug-likeness (QED) is 0.490. The first-order chi connectivity index (χ1) is 14.9. The fourth-order valence-corrected chi connectivity index (χ4v) is 3.99. The molecule has 2 N–H and O–H groups in total. The largest absolute Gasteiger partial charge is 0.373 e. The average Bonchev–Trinajstić information content (AvgIpc) is 3.17. The number of fused-ring (bicyclic) bond motifs is 1. The summed E-state index contributed by atoms with van der Waals surface area (Å²) in [6.07, 6.45) is 0. The first kappa shape index (κ1) is 20.8. The summed E-state index contributed by atoms with van der Waals surface area (Å²) >= 11 is 0. The Balaban J connectivity index is 1.95. The van der Waals surface area contributed by atoms with Crippen molar-refractivity contribution in [3.8, 4) is 0 Å². The Morgan fingerprint density at radius 2 is 1.58 bits per heavy atom. The zero-order chi connectivity index (χ0) is 22.0. The lowest BCUT2D eigenvalue weighted by atomic mass is 9.85. The number of nitrogens with one attached hydrogen (secondary N) is 1. The van der Waals surface area contributed by atoms with E-state index >= 15 is 0 Å². The second-order valence-electron chi connectivity index (χ2n) is 7.95. The molecule has 0 aliphatic rings. The molecule has 0 aliphatic heterocycles. The Kier molecular flexibility index (Phi) is 5.61. The van der Waals surface area contributed by atoms with E-state index in [9.17, 15) is 9.90 Å². The molecule has 4 rings (SSSR count). The molecule has 0 bridgehead atoms. The number of aryl methyl sites for hydroxylation is 1. The molecular formula is C26H27N3O2. The second-order valence-corrected chi connectivity index (χ2v) is 7.95. The predicted molar refractivity (Wildman–Crippen MR) is 123 cm³/mol. The molecule has 1 amide bonds. The predicted octanol–water partition coefficient (Wildman–Crippen LogP) is 4.48. The molecule has 0 unspecified atom stereocenters. The van der Waals surface area contributed by atoms with Crippen molar-refractivity contribution in [2.75, 3.05) is 0 Å². The van der Waals surface area contributed by atoms with Crippen LogP contribution in [0.4, 0.5) is 0 Å². The van der Waals surface area contributed by atoms with Crippen LogP contribution in [0.25, 0.3) is 11.0 Å². The van der Waals surface area contributed by atoms with Crippen LogP contribution < -0.4 is 5.32 Å². The summed E-state index contributed by atoms with van der Waals surface area (Å²) in [5.74, 6) is 0.410. The van der Waals surface area contributed by atoms with Crippen LogP contribution in [0.1, 0.15) is 48.1 Å². The minimum atomic E-state index is -1.43. The lowest BCUT2D eigenvalue weighted by molar-refractivity contribution is 0.0943. The first-order valence-corrected chi connectivity index (χ1v) is 10.6. The highest BCUT2D eigenvalue weighted by Crippen LogP contribution is 2.37. The van der Waals surface area contributed by atoms with Crippen LogP contribution in [0.2, 0.25) is 0 Å². The molecule has 1 heterocycles. The van der Waals surface area contributed by atoms with Gasteiger partial charge in [-0.25, -0.2) is 4.98 Å². The van der Waals surface area contributed by atoms with Crippen molar-refractivity contribution in [2.45, 2.75) is 39.0 Å². The summed E-state index contributed by atoms with van der Waals surface area (Å²) in [4.78, 5) is 17.4. The number of carbonyl (C=O) groups is 1. The molecule has 0 atom stereocenters. The van der Waals surface area contributed by atoms with E-state index in [0.717, 1.165) is 22.2 Å². The SMILES string of the molecule is CCn1c(C(O)(c2ccccc2)c2ccccc2)nc2ccc(C(=O)NC(C)C)cc21. The van der Waals surface area contributed by atoms with Crippen molar-refractivity contribution >= 4 is 16.9 Å². The Morgan fingerprint density at radius 1 is 1.00 bits per heavy atom. The summed E-state index contributed by atoms with van der Waals surface area (Å²) in [5.41, 5.74) is 2.18. The number of benzene rings is 3. The Morgan fingerprint density at radius 3 is 2.10 bits per heavy atom. The van der Waals surface area contributed by atoms with Crippen molar-refractivity contribution in [3.05, 3.63) is 101 Å². The third-order valence-corrected chi connectivity index (χ3v) is 5.45. The monoisotopic (exact) mass is 413 g/mol. The van der Waals surface area contributed by atoms with E-state index in [1.807, 2.05) is 98.1 Å². The van der Waals surface area contributed by atoms with Crippen molar-refractivity contribution in [1.82, 2.24) is 14.9 Å². The molecule has 0 spiro atoms. The van der Waals surface area contributed by atoms with Gasteiger partial charge < -0.3 is 15.0 Å². The number of aliphatic hydroxyl groups is 1. The highest BCUT2D eigenvalue weighted by atomic mass is 16.3. The topological polar surface area (TPSA) is 67.1 Å². The molecule has 1 aromatic heterocycles. The van der Waals surface area contributed by atoms with Gasteiger partial charge in [-0.1, -0.05) is 60.7 Å². The van der Waals surface area contributed by atoms with E-state index in [2.05, 4.69) is 5.32 Å². The number of carbonyl (C=O) groups excluding carboxylic acids is 1. The van der Waals surface area contributed by atoms with Crippen LogP contribution in [0.3, 0.4) is 0 Å². The van der Waals surface area contributed by atoms with E-state index in [0.29, 0.717) is 17.9 Å². The number of hydrogen-bond acceptors (Lipinski definition) is 3. The van der Waals surface area contributed by atoms with E-state index < -0.39 is 5.60 Å². The summed E-state index contributed by atoms with van der Waals surface area (Å²) in [7, 11) is 0. The van der Waals surface area contributed by atoms with Gasteiger partial charge in [0.15, 0.2) is 11.4 Å². The highest BCUT2D eigenvalue weighted by molar-refractivity contribution is 5.97. The third-order valence-electron chi connectivity index (χ3n) is 5.45. The summed E-state index contributed by atoms with van der Waals surface area (Å²) < 4.78 is 1.99.